The van der Waals surface area contributed by atoms with Gasteiger partial charge >= 0.3 is 0 Å². The number of imide groups is 1. The number of nitrogens with zero attached hydrogens (tertiary/aromatic N) is 1. The van der Waals surface area contributed by atoms with Gasteiger partial charge in [0.15, 0.2) is 0 Å². The molecule has 1 saturated heterocycles. The van der Waals surface area contributed by atoms with Crippen LogP contribution in [0.5, 0.6) is 0 Å². The molecule has 2 aliphatic heterocycles. The van der Waals surface area contributed by atoms with Gasteiger partial charge in [-0.3, -0.25) is 19.8 Å². The fourth-order valence-corrected chi connectivity index (χ4v) is 4.47. The molecule has 3 aromatic carbocycles. The van der Waals surface area contributed by atoms with E-state index in [-0.39, 0.29) is 5.91 Å². The van der Waals surface area contributed by atoms with Gasteiger partial charge in [0.25, 0.3) is 11.8 Å². The van der Waals surface area contributed by atoms with E-state index in [0.717, 1.165) is 23.6 Å². The summed E-state index contributed by atoms with van der Waals surface area (Å²) in [6.07, 6.45) is 5.57. The maximum atomic E-state index is 12.7. The molecule has 1 fully saturated rings. The van der Waals surface area contributed by atoms with Gasteiger partial charge in [0.05, 0.1) is 5.57 Å². The summed E-state index contributed by atoms with van der Waals surface area (Å²) in [6, 6.07) is 23.5. The zero-order valence-electron chi connectivity index (χ0n) is 19.0. The molecule has 0 bridgehead atoms. The van der Waals surface area contributed by atoms with Crippen molar-refractivity contribution >= 4 is 34.4 Å². The number of para-hydroxylation sites is 1. The highest BCUT2D eigenvalue weighted by Gasteiger charge is 2.27. The van der Waals surface area contributed by atoms with Crippen LogP contribution in [0, 0.1) is 0 Å². The number of hydrogen-bond acceptors (Lipinski definition) is 5. The normalized spacial score (nSPS) is 17.2. The molecule has 2 amide bonds. The number of benzene rings is 3. The average Bonchev–Trinajstić information content (AvgIpc) is 2.86. The second kappa shape index (κ2) is 9.93. The van der Waals surface area contributed by atoms with Crippen molar-refractivity contribution in [1.82, 2.24) is 10.2 Å². The number of carbonyl (C=O) groups excluding carboxylic acids is 2. The highest BCUT2D eigenvalue weighted by atomic mass is 16.2. The van der Waals surface area contributed by atoms with E-state index in [4.69, 9.17) is 0 Å². The van der Waals surface area contributed by atoms with Crippen LogP contribution in [0.2, 0.25) is 0 Å². The molecule has 0 unspecified atom stereocenters. The van der Waals surface area contributed by atoms with E-state index in [0.29, 0.717) is 16.7 Å². The molecule has 0 spiro atoms. The standard InChI is InChI=1S/C28H28N4O2/c33-27-24-14-13-23(30-22-7-3-1-4-8-22)17-25(24)26(28(34)31-27)18-29-21-11-9-20(10-12-21)19-32-15-5-2-6-16-32/h1,3-4,7-14,17-18,29-30H,2,5-6,15-16,19H2,(H,31,33,34)/b26-18-. The van der Waals surface area contributed by atoms with Crippen LogP contribution in [-0.4, -0.2) is 29.8 Å². The maximum absolute atomic E-state index is 12.7. The third-order valence-electron chi connectivity index (χ3n) is 6.28. The van der Waals surface area contributed by atoms with Crippen molar-refractivity contribution in [3.63, 3.8) is 0 Å². The molecule has 0 radical (unpaired) electrons. The summed E-state index contributed by atoms with van der Waals surface area (Å²) < 4.78 is 0. The van der Waals surface area contributed by atoms with Gasteiger partial charge < -0.3 is 10.6 Å². The summed E-state index contributed by atoms with van der Waals surface area (Å²) in [5.41, 5.74) is 5.40. The van der Waals surface area contributed by atoms with Gasteiger partial charge in [-0.15, -0.1) is 0 Å². The number of hydrogen-bond donors (Lipinski definition) is 3. The molecule has 6 heteroatoms. The van der Waals surface area contributed by atoms with Crippen molar-refractivity contribution in [2.75, 3.05) is 23.7 Å². The number of anilines is 3. The Kier molecular flexibility index (Phi) is 6.40. The molecular weight excluding hydrogens is 424 g/mol. The lowest BCUT2D eigenvalue weighted by Gasteiger charge is -2.26. The predicted octanol–water partition coefficient (Wildman–Crippen LogP) is 5.14. The zero-order chi connectivity index (χ0) is 23.3. The van der Waals surface area contributed by atoms with Crippen molar-refractivity contribution in [3.8, 4) is 0 Å². The van der Waals surface area contributed by atoms with Crippen LogP contribution >= 0.6 is 0 Å². The summed E-state index contributed by atoms with van der Waals surface area (Å²) in [4.78, 5) is 27.5. The van der Waals surface area contributed by atoms with E-state index in [2.05, 4.69) is 33.0 Å². The summed E-state index contributed by atoms with van der Waals surface area (Å²) in [5.74, 6) is -0.797. The number of rotatable bonds is 6. The first-order chi connectivity index (χ1) is 16.7. The van der Waals surface area contributed by atoms with E-state index in [1.165, 1.54) is 37.9 Å². The van der Waals surface area contributed by atoms with Crippen molar-refractivity contribution in [1.29, 1.82) is 0 Å². The number of amides is 2. The van der Waals surface area contributed by atoms with E-state index < -0.39 is 5.91 Å². The Labute approximate surface area is 199 Å². The zero-order valence-corrected chi connectivity index (χ0v) is 19.0. The maximum Gasteiger partial charge on any atom is 0.260 e. The molecule has 2 aliphatic rings. The monoisotopic (exact) mass is 452 g/mol. The number of nitrogens with one attached hydrogen (secondary N) is 3. The summed E-state index contributed by atoms with van der Waals surface area (Å²) in [6.45, 7) is 3.30. The second-order valence-electron chi connectivity index (χ2n) is 8.77. The third kappa shape index (κ3) is 5.02. The fraction of sp³-hybridized carbons (Fsp3) is 0.214. The van der Waals surface area contributed by atoms with Gasteiger partial charge in [-0.25, -0.2) is 0 Å². The molecule has 0 aromatic heterocycles. The van der Waals surface area contributed by atoms with Crippen LogP contribution in [0.25, 0.3) is 5.57 Å². The predicted molar refractivity (Wildman–Crippen MR) is 136 cm³/mol. The van der Waals surface area contributed by atoms with E-state index in [1.54, 1.807) is 12.3 Å². The number of carbonyl (C=O) groups is 2. The lowest BCUT2D eigenvalue weighted by atomic mass is 9.94. The van der Waals surface area contributed by atoms with E-state index >= 15 is 0 Å². The Hall–Kier alpha value is -3.90. The molecule has 0 aliphatic carbocycles. The first kappa shape index (κ1) is 21.9. The molecular formula is C28H28N4O2. The largest absolute Gasteiger partial charge is 0.361 e. The SMILES string of the molecule is O=C1NC(=O)c2ccc(Nc3ccccc3)cc2/C1=C/Nc1ccc(CN2CCCCC2)cc1. The Morgan fingerprint density at radius 1 is 0.765 bits per heavy atom. The highest BCUT2D eigenvalue weighted by Crippen LogP contribution is 2.29. The first-order valence-electron chi connectivity index (χ1n) is 11.8. The number of fused-ring (bicyclic) bond motifs is 1. The molecule has 6 nitrogen and oxygen atoms in total. The van der Waals surface area contributed by atoms with Gasteiger partial charge in [0, 0.05) is 40.9 Å². The van der Waals surface area contributed by atoms with Crippen LogP contribution in [0.1, 0.15) is 40.7 Å². The molecule has 3 N–H and O–H groups in total. The van der Waals surface area contributed by atoms with Crippen molar-refractivity contribution in [2.24, 2.45) is 0 Å². The molecule has 172 valence electrons. The Morgan fingerprint density at radius 3 is 2.26 bits per heavy atom. The van der Waals surface area contributed by atoms with Crippen LogP contribution < -0.4 is 16.0 Å². The topological polar surface area (TPSA) is 73.5 Å². The lowest BCUT2D eigenvalue weighted by Crippen LogP contribution is -2.36. The molecule has 3 aromatic rings. The van der Waals surface area contributed by atoms with Crippen LogP contribution in [-0.2, 0) is 11.3 Å². The lowest BCUT2D eigenvalue weighted by molar-refractivity contribution is -0.114. The molecule has 5 rings (SSSR count). The Bertz CT molecular complexity index is 1210. The molecule has 0 saturated carbocycles. The van der Waals surface area contributed by atoms with Crippen molar-refractivity contribution in [3.05, 3.63) is 95.7 Å². The van der Waals surface area contributed by atoms with E-state index in [9.17, 15) is 9.59 Å². The molecule has 0 atom stereocenters. The smallest absolute Gasteiger partial charge is 0.260 e. The summed E-state index contributed by atoms with van der Waals surface area (Å²) >= 11 is 0. The van der Waals surface area contributed by atoms with Crippen molar-refractivity contribution < 1.29 is 9.59 Å². The Morgan fingerprint density at radius 2 is 1.50 bits per heavy atom. The number of piperidine rings is 1. The van der Waals surface area contributed by atoms with Gasteiger partial charge in [-0.1, -0.05) is 36.8 Å². The van der Waals surface area contributed by atoms with Crippen molar-refractivity contribution in [2.45, 2.75) is 25.8 Å². The number of likely N-dealkylation sites (tertiary alicyclic amines) is 1. The van der Waals surface area contributed by atoms with Gasteiger partial charge in [0.2, 0.25) is 0 Å². The quantitative estimate of drug-likeness (QED) is 0.357. The minimum absolute atomic E-state index is 0.384. The first-order valence-corrected chi connectivity index (χ1v) is 11.8. The van der Waals surface area contributed by atoms with E-state index in [1.807, 2.05) is 54.6 Å². The average molecular weight is 453 g/mol. The van der Waals surface area contributed by atoms with Gasteiger partial charge in [0.1, 0.15) is 0 Å². The molecule has 34 heavy (non-hydrogen) atoms. The van der Waals surface area contributed by atoms with Crippen LogP contribution in [0.15, 0.2) is 79.0 Å². The minimum atomic E-state index is -0.413. The second-order valence-corrected chi connectivity index (χ2v) is 8.77. The Balaban J connectivity index is 1.34. The van der Waals surface area contributed by atoms with Crippen LogP contribution in [0.4, 0.5) is 17.1 Å². The van der Waals surface area contributed by atoms with Gasteiger partial charge in [-0.2, -0.15) is 0 Å². The van der Waals surface area contributed by atoms with Gasteiger partial charge in [-0.05, 0) is 74.0 Å². The summed E-state index contributed by atoms with van der Waals surface area (Å²) in [7, 11) is 0. The summed E-state index contributed by atoms with van der Waals surface area (Å²) in [5, 5.41) is 8.99. The third-order valence-corrected chi connectivity index (χ3v) is 6.28. The fourth-order valence-electron chi connectivity index (χ4n) is 4.47. The highest BCUT2D eigenvalue weighted by molar-refractivity contribution is 6.31. The molecule has 2 heterocycles. The minimum Gasteiger partial charge on any atom is -0.361 e. The van der Waals surface area contributed by atoms with Crippen LogP contribution in [0.3, 0.4) is 0 Å².